The van der Waals surface area contributed by atoms with Gasteiger partial charge in [0.2, 0.25) is 5.91 Å². The molecule has 1 amide bonds. The van der Waals surface area contributed by atoms with E-state index >= 15 is 0 Å². The molecule has 9 heteroatoms. The molecule has 0 bridgehead atoms. The molecule has 8 nitrogen and oxygen atoms in total. The summed E-state index contributed by atoms with van der Waals surface area (Å²) in [5.41, 5.74) is 2.33. The van der Waals surface area contributed by atoms with E-state index in [9.17, 15) is 4.79 Å². The third-order valence-corrected chi connectivity index (χ3v) is 5.01. The summed E-state index contributed by atoms with van der Waals surface area (Å²) in [6, 6.07) is 8.16. The molecule has 1 aliphatic rings. The van der Waals surface area contributed by atoms with Gasteiger partial charge in [-0.15, -0.1) is 34.2 Å². The first kappa shape index (κ1) is 24.1. The van der Waals surface area contributed by atoms with Gasteiger partial charge in [-0.3, -0.25) is 9.79 Å². The molecule has 1 aliphatic heterocycles. The number of nitrogens with zero attached hydrogens (tertiary/aromatic N) is 5. The lowest BCUT2D eigenvalue weighted by molar-refractivity contribution is -0.118. The molecule has 0 aliphatic carbocycles. The van der Waals surface area contributed by atoms with Gasteiger partial charge in [-0.25, -0.2) is 0 Å². The Labute approximate surface area is 195 Å². The number of amides is 1. The minimum atomic E-state index is 0. The minimum absolute atomic E-state index is 0. The van der Waals surface area contributed by atoms with Crippen molar-refractivity contribution in [3.8, 4) is 0 Å². The summed E-state index contributed by atoms with van der Waals surface area (Å²) in [7, 11) is 0. The van der Waals surface area contributed by atoms with Crippen LogP contribution in [0.5, 0.6) is 0 Å². The predicted molar refractivity (Wildman–Crippen MR) is 131 cm³/mol. The smallest absolute Gasteiger partial charge is 0.227 e. The first-order valence-electron chi connectivity index (χ1n) is 10.5. The maximum atomic E-state index is 12.6. The fourth-order valence-corrected chi connectivity index (χ4v) is 3.53. The Bertz CT molecular complexity index is 836. The fourth-order valence-electron chi connectivity index (χ4n) is 3.53. The number of hydrogen-bond donors (Lipinski definition) is 2. The van der Waals surface area contributed by atoms with E-state index in [4.69, 9.17) is 0 Å². The Balaban J connectivity index is 0.00000320. The molecule has 164 valence electrons. The van der Waals surface area contributed by atoms with Gasteiger partial charge in [0, 0.05) is 51.3 Å². The van der Waals surface area contributed by atoms with Crippen molar-refractivity contribution in [2.45, 2.75) is 46.1 Å². The molecule has 1 aromatic carbocycles. The molecule has 0 radical (unpaired) electrons. The number of nitrogens with one attached hydrogen (secondary N) is 2. The molecule has 2 heterocycles. The van der Waals surface area contributed by atoms with E-state index in [1.807, 2.05) is 34.6 Å². The zero-order valence-electron chi connectivity index (χ0n) is 17.8. The maximum Gasteiger partial charge on any atom is 0.227 e. The number of aliphatic imine (C=N–C) groups is 1. The highest BCUT2D eigenvalue weighted by Crippen LogP contribution is 2.27. The van der Waals surface area contributed by atoms with E-state index in [1.54, 1.807) is 6.33 Å². The molecule has 0 saturated heterocycles. The number of aryl methyl sites for hydroxylation is 1. The van der Waals surface area contributed by atoms with Crippen molar-refractivity contribution in [1.82, 2.24) is 25.4 Å². The number of guanidine groups is 1. The van der Waals surface area contributed by atoms with Gasteiger partial charge in [0.25, 0.3) is 0 Å². The highest BCUT2D eigenvalue weighted by molar-refractivity contribution is 14.0. The SMILES string of the molecule is CCNC(=NCCCC(=O)N1CCc2ccccc21)NCCn1cnnc1CC.I. The summed E-state index contributed by atoms with van der Waals surface area (Å²) in [6.07, 6.45) is 4.81. The summed E-state index contributed by atoms with van der Waals surface area (Å²) >= 11 is 0. The number of rotatable bonds is 9. The van der Waals surface area contributed by atoms with Gasteiger partial charge in [-0.05, 0) is 31.4 Å². The van der Waals surface area contributed by atoms with Crippen LogP contribution in [-0.4, -0.2) is 52.8 Å². The van der Waals surface area contributed by atoms with Crippen LogP contribution in [0.25, 0.3) is 0 Å². The molecule has 3 rings (SSSR count). The predicted octanol–water partition coefficient (Wildman–Crippen LogP) is 2.38. The second-order valence-corrected chi connectivity index (χ2v) is 7.01. The lowest BCUT2D eigenvalue weighted by Gasteiger charge is -2.17. The van der Waals surface area contributed by atoms with Crippen LogP contribution >= 0.6 is 24.0 Å². The Morgan fingerprint density at radius 3 is 2.87 bits per heavy atom. The van der Waals surface area contributed by atoms with Crippen LogP contribution in [0.2, 0.25) is 0 Å². The van der Waals surface area contributed by atoms with Crippen LogP contribution in [0.1, 0.15) is 38.1 Å². The molecule has 0 unspecified atom stereocenters. The standard InChI is InChI=1S/C21H31N7O.HI/c1-3-19-26-25-16-27(19)15-13-24-21(22-4-2)23-12-7-10-20(29)28-14-11-17-8-5-6-9-18(17)28;/h5-6,8-9,16H,3-4,7,10-15H2,1-2H3,(H2,22,23,24);1H. The number of carbonyl (C=O) groups is 1. The van der Waals surface area contributed by atoms with Gasteiger partial charge >= 0.3 is 0 Å². The normalized spacial score (nSPS) is 13.0. The molecule has 0 atom stereocenters. The minimum Gasteiger partial charge on any atom is -0.357 e. The maximum absolute atomic E-state index is 12.6. The molecular weight excluding hydrogens is 493 g/mol. The van der Waals surface area contributed by atoms with Crippen LogP contribution in [0.15, 0.2) is 35.6 Å². The van der Waals surface area contributed by atoms with Crippen LogP contribution in [0.4, 0.5) is 5.69 Å². The second kappa shape index (κ2) is 12.5. The zero-order chi connectivity index (χ0) is 20.5. The van der Waals surface area contributed by atoms with Crippen molar-refractivity contribution in [2.75, 3.05) is 31.1 Å². The summed E-state index contributed by atoms with van der Waals surface area (Å²) in [6.45, 7) is 7.83. The van der Waals surface area contributed by atoms with E-state index in [0.29, 0.717) is 13.0 Å². The largest absolute Gasteiger partial charge is 0.357 e. The second-order valence-electron chi connectivity index (χ2n) is 7.01. The number of carbonyl (C=O) groups excluding carboxylic acids is 1. The van der Waals surface area contributed by atoms with Gasteiger partial charge in [0.15, 0.2) is 5.96 Å². The number of benzene rings is 1. The lowest BCUT2D eigenvalue weighted by Crippen LogP contribution is -2.39. The highest BCUT2D eigenvalue weighted by atomic mass is 127. The average molecular weight is 525 g/mol. The van der Waals surface area contributed by atoms with Gasteiger partial charge in [0.1, 0.15) is 12.2 Å². The Morgan fingerprint density at radius 1 is 1.23 bits per heavy atom. The summed E-state index contributed by atoms with van der Waals surface area (Å²) in [5.74, 6) is 1.94. The van der Waals surface area contributed by atoms with Crippen molar-refractivity contribution in [1.29, 1.82) is 0 Å². The van der Waals surface area contributed by atoms with E-state index in [0.717, 1.165) is 62.9 Å². The zero-order valence-corrected chi connectivity index (χ0v) is 20.1. The Kier molecular flexibility index (Phi) is 10.0. The number of fused-ring (bicyclic) bond motifs is 1. The van der Waals surface area contributed by atoms with Crippen LogP contribution in [0, 0.1) is 0 Å². The van der Waals surface area contributed by atoms with E-state index in [-0.39, 0.29) is 29.9 Å². The third kappa shape index (κ3) is 6.41. The first-order chi connectivity index (χ1) is 14.2. The summed E-state index contributed by atoms with van der Waals surface area (Å²) in [4.78, 5) is 19.1. The molecule has 1 aromatic heterocycles. The van der Waals surface area contributed by atoms with E-state index < -0.39 is 0 Å². The summed E-state index contributed by atoms with van der Waals surface area (Å²) in [5, 5.41) is 14.6. The van der Waals surface area contributed by atoms with E-state index in [1.165, 1.54) is 5.56 Å². The van der Waals surface area contributed by atoms with Gasteiger partial charge in [0.05, 0.1) is 0 Å². The molecular formula is C21H32IN7O. The van der Waals surface area contributed by atoms with Crippen molar-refractivity contribution in [3.05, 3.63) is 42.0 Å². The van der Waals surface area contributed by atoms with Crippen molar-refractivity contribution < 1.29 is 4.79 Å². The van der Waals surface area contributed by atoms with Gasteiger partial charge < -0.3 is 20.1 Å². The van der Waals surface area contributed by atoms with Crippen LogP contribution < -0.4 is 15.5 Å². The summed E-state index contributed by atoms with van der Waals surface area (Å²) < 4.78 is 2.04. The average Bonchev–Trinajstić information content (AvgIpc) is 3.37. The molecule has 0 spiro atoms. The van der Waals surface area contributed by atoms with Crippen molar-refractivity contribution in [2.24, 2.45) is 4.99 Å². The van der Waals surface area contributed by atoms with Gasteiger partial charge in [-0.1, -0.05) is 25.1 Å². The highest BCUT2D eigenvalue weighted by Gasteiger charge is 2.23. The third-order valence-electron chi connectivity index (χ3n) is 5.01. The molecule has 2 N–H and O–H groups in total. The number of aromatic nitrogens is 3. The number of hydrogen-bond acceptors (Lipinski definition) is 4. The molecule has 0 saturated carbocycles. The number of para-hydroxylation sites is 1. The van der Waals surface area contributed by atoms with Gasteiger partial charge in [-0.2, -0.15) is 0 Å². The Morgan fingerprint density at radius 2 is 2.07 bits per heavy atom. The van der Waals surface area contributed by atoms with Crippen molar-refractivity contribution in [3.63, 3.8) is 0 Å². The van der Waals surface area contributed by atoms with Crippen LogP contribution in [0.3, 0.4) is 0 Å². The number of halogens is 1. The molecule has 0 fully saturated rings. The Hall–Kier alpha value is -2.17. The monoisotopic (exact) mass is 525 g/mol. The molecule has 2 aromatic rings. The lowest BCUT2D eigenvalue weighted by atomic mass is 10.2. The number of anilines is 1. The fraction of sp³-hybridized carbons (Fsp3) is 0.524. The quantitative estimate of drug-likeness (QED) is 0.227. The van der Waals surface area contributed by atoms with Crippen molar-refractivity contribution >= 4 is 41.5 Å². The van der Waals surface area contributed by atoms with Crippen LogP contribution in [-0.2, 0) is 24.2 Å². The molecule has 30 heavy (non-hydrogen) atoms. The first-order valence-corrected chi connectivity index (χ1v) is 10.5. The van der Waals surface area contributed by atoms with E-state index in [2.05, 4.69) is 38.8 Å². The topological polar surface area (TPSA) is 87.4 Å².